The second-order valence-electron chi connectivity index (χ2n) is 6.58. The highest BCUT2D eigenvalue weighted by molar-refractivity contribution is 6.11. The van der Waals surface area contributed by atoms with E-state index in [-0.39, 0.29) is 5.41 Å². The zero-order valence-corrected chi connectivity index (χ0v) is 12.5. The molecule has 0 aliphatic carbocycles. The van der Waals surface area contributed by atoms with Gasteiger partial charge < -0.3 is 5.11 Å². The standard InChI is InChI=1S/C19H20O/c1-12-6-5-7-14-15-9-8-13(19(2,3)4)10-17(15)18(20)11-16(12)14/h5-11,20H,1-4H3. The van der Waals surface area contributed by atoms with Crippen molar-refractivity contribution in [2.45, 2.75) is 33.1 Å². The molecule has 20 heavy (non-hydrogen) atoms. The van der Waals surface area contributed by atoms with E-state index in [9.17, 15) is 5.11 Å². The highest BCUT2D eigenvalue weighted by Crippen LogP contribution is 2.36. The third-order valence-corrected chi connectivity index (χ3v) is 4.06. The van der Waals surface area contributed by atoms with Gasteiger partial charge in [-0.3, -0.25) is 0 Å². The number of hydrogen-bond donors (Lipinski definition) is 1. The van der Waals surface area contributed by atoms with Crippen LogP contribution >= 0.6 is 0 Å². The lowest BCUT2D eigenvalue weighted by atomic mass is 9.85. The molecule has 0 bridgehead atoms. The molecular weight excluding hydrogens is 244 g/mol. The van der Waals surface area contributed by atoms with Gasteiger partial charge in [0.25, 0.3) is 0 Å². The topological polar surface area (TPSA) is 20.2 Å². The van der Waals surface area contributed by atoms with Gasteiger partial charge in [-0.05, 0) is 51.8 Å². The Morgan fingerprint density at radius 1 is 0.800 bits per heavy atom. The summed E-state index contributed by atoms with van der Waals surface area (Å²) in [4.78, 5) is 0. The first-order valence-electron chi connectivity index (χ1n) is 7.03. The molecule has 0 atom stereocenters. The molecule has 0 aliphatic heterocycles. The minimum atomic E-state index is 0.0855. The highest BCUT2D eigenvalue weighted by atomic mass is 16.3. The summed E-state index contributed by atoms with van der Waals surface area (Å²) < 4.78 is 0. The maximum atomic E-state index is 10.4. The average Bonchev–Trinajstić information content (AvgIpc) is 2.39. The summed E-state index contributed by atoms with van der Waals surface area (Å²) in [5, 5.41) is 14.8. The monoisotopic (exact) mass is 264 g/mol. The summed E-state index contributed by atoms with van der Waals surface area (Å²) in [6.45, 7) is 8.65. The van der Waals surface area contributed by atoms with Crippen molar-refractivity contribution >= 4 is 21.5 Å². The van der Waals surface area contributed by atoms with Crippen LogP contribution in [0.2, 0.25) is 0 Å². The van der Waals surface area contributed by atoms with E-state index in [4.69, 9.17) is 0 Å². The van der Waals surface area contributed by atoms with E-state index in [1.165, 1.54) is 16.5 Å². The molecule has 0 fully saturated rings. The minimum Gasteiger partial charge on any atom is -0.507 e. The van der Waals surface area contributed by atoms with Crippen molar-refractivity contribution in [2.24, 2.45) is 0 Å². The maximum absolute atomic E-state index is 10.4. The van der Waals surface area contributed by atoms with Gasteiger partial charge in [-0.15, -0.1) is 0 Å². The number of aryl methyl sites for hydroxylation is 1. The van der Waals surface area contributed by atoms with Crippen LogP contribution in [0.25, 0.3) is 21.5 Å². The molecule has 0 aliphatic rings. The number of fused-ring (bicyclic) bond motifs is 3. The molecule has 0 saturated carbocycles. The van der Waals surface area contributed by atoms with Crippen LogP contribution in [0.4, 0.5) is 0 Å². The molecule has 1 nitrogen and oxygen atoms in total. The molecule has 3 aromatic carbocycles. The molecule has 102 valence electrons. The van der Waals surface area contributed by atoms with E-state index >= 15 is 0 Å². The first kappa shape index (κ1) is 13.0. The van der Waals surface area contributed by atoms with E-state index < -0.39 is 0 Å². The lowest BCUT2D eigenvalue weighted by Gasteiger charge is -2.20. The molecule has 1 heteroatoms. The Labute approximate surface area is 119 Å². The number of phenols is 1. The number of phenolic OH excluding ortho intramolecular Hbond substituents is 1. The molecule has 0 spiro atoms. The molecule has 0 aromatic heterocycles. The third-order valence-electron chi connectivity index (χ3n) is 4.06. The number of benzene rings is 3. The van der Waals surface area contributed by atoms with Gasteiger partial charge >= 0.3 is 0 Å². The molecule has 1 N–H and O–H groups in total. The first-order chi connectivity index (χ1) is 9.38. The van der Waals surface area contributed by atoms with E-state index in [0.717, 1.165) is 16.2 Å². The fourth-order valence-corrected chi connectivity index (χ4v) is 2.78. The summed E-state index contributed by atoms with van der Waals surface area (Å²) in [5.41, 5.74) is 2.52. The van der Waals surface area contributed by atoms with E-state index in [1.807, 2.05) is 6.07 Å². The summed E-state index contributed by atoms with van der Waals surface area (Å²) >= 11 is 0. The van der Waals surface area contributed by atoms with Gasteiger partial charge in [0.05, 0.1) is 0 Å². The van der Waals surface area contributed by atoms with Gasteiger partial charge in [0.15, 0.2) is 0 Å². The quantitative estimate of drug-likeness (QED) is 0.546. The van der Waals surface area contributed by atoms with Crippen LogP contribution in [-0.2, 0) is 5.41 Å². The molecule has 0 amide bonds. The smallest absolute Gasteiger partial charge is 0.124 e. The minimum absolute atomic E-state index is 0.0855. The van der Waals surface area contributed by atoms with Crippen LogP contribution in [-0.4, -0.2) is 5.11 Å². The van der Waals surface area contributed by atoms with Crippen molar-refractivity contribution in [3.63, 3.8) is 0 Å². The molecule has 0 unspecified atom stereocenters. The van der Waals surface area contributed by atoms with Gasteiger partial charge in [-0.25, -0.2) is 0 Å². The van der Waals surface area contributed by atoms with Crippen LogP contribution in [0.5, 0.6) is 5.75 Å². The van der Waals surface area contributed by atoms with Gasteiger partial charge in [-0.2, -0.15) is 0 Å². The molecule has 0 saturated heterocycles. The molecule has 0 radical (unpaired) electrons. The maximum Gasteiger partial charge on any atom is 0.124 e. The Balaban J connectivity index is 2.44. The van der Waals surface area contributed by atoms with Crippen molar-refractivity contribution in [3.8, 4) is 5.75 Å². The van der Waals surface area contributed by atoms with Crippen molar-refractivity contribution in [1.29, 1.82) is 0 Å². The Bertz CT molecular complexity index is 807. The predicted molar refractivity (Wildman–Crippen MR) is 86.6 cm³/mol. The summed E-state index contributed by atoms with van der Waals surface area (Å²) in [6, 6.07) is 14.6. The number of rotatable bonds is 0. The first-order valence-corrected chi connectivity index (χ1v) is 7.03. The Hall–Kier alpha value is -2.02. The highest BCUT2D eigenvalue weighted by Gasteiger charge is 2.15. The van der Waals surface area contributed by atoms with E-state index in [2.05, 4.69) is 64.1 Å². The third kappa shape index (κ3) is 1.94. The van der Waals surface area contributed by atoms with Crippen molar-refractivity contribution in [1.82, 2.24) is 0 Å². The van der Waals surface area contributed by atoms with Crippen molar-refractivity contribution in [3.05, 3.63) is 53.6 Å². The van der Waals surface area contributed by atoms with Crippen LogP contribution in [0.3, 0.4) is 0 Å². The molecule has 3 aromatic rings. The Morgan fingerprint density at radius 2 is 1.50 bits per heavy atom. The second kappa shape index (κ2) is 4.24. The SMILES string of the molecule is Cc1cccc2c1cc(O)c1cc(C(C)(C)C)ccc12. The predicted octanol–water partition coefficient (Wildman–Crippen LogP) is 5.30. The van der Waals surface area contributed by atoms with Gasteiger partial charge in [-0.1, -0.05) is 51.1 Å². The number of hydrogen-bond acceptors (Lipinski definition) is 1. The fourth-order valence-electron chi connectivity index (χ4n) is 2.78. The number of aromatic hydroxyl groups is 1. The summed E-state index contributed by atoms with van der Waals surface area (Å²) in [5.74, 6) is 0.368. The Morgan fingerprint density at radius 3 is 2.20 bits per heavy atom. The molecule has 0 heterocycles. The normalized spacial score (nSPS) is 12.2. The van der Waals surface area contributed by atoms with Crippen LogP contribution in [0.1, 0.15) is 31.9 Å². The lowest BCUT2D eigenvalue weighted by Crippen LogP contribution is -2.10. The van der Waals surface area contributed by atoms with Crippen molar-refractivity contribution < 1.29 is 5.11 Å². The Kier molecular flexibility index (Phi) is 2.75. The van der Waals surface area contributed by atoms with Crippen LogP contribution in [0, 0.1) is 6.92 Å². The van der Waals surface area contributed by atoms with Gasteiger partial charge in [0, 0.05) is 5.39 Å². The van der Waals surface area contributed by atoms with Gasteiger partial charge in [0.1, 0.15) is 5.75 Å². The average molecular weight is 264 g/mol. The fraction of sp³-hybridized carbons (Fsp3) is 0.263. The molecular formula is C19H20O. The zero-order chi connectivity index (χ0) is 14.5. The van der Waals surface area contributed by atoms with Crippen LogP contribution < -0.4 is 0 Å². The van der Waals surface area contributed by atoms with E-state index in [0.29, 0.717) is 5.75 Å². The van der Waals surface area contributed by atoms with Crippen LogP contribution in [0.15, 0.2) is 42.5 Å². The van der Waals surface area contributed by atoms with Crippen molar-refractivity contribution in [2.75, 3.05) is 0 Å². The lowest BCUT2D eigenvalue weighted by molar-refractivity contribution is 0.482. The molecule has 3 rings (SSSR count). The largest absolute Gasteiger partial charge is 0.507 e. The summed E-state index contributed by atoms with van der Waals surface area (Å²) in [6.07, 6.45) is 0. The zero-order valence-electron chi connectivity index (χ0n) is 12.5. The van der Waals surface area contributed by atoms with Gasteiger partial charge in [0.2, 0.25) is 0 Å². The second-order valence-corrected chi connectivity index (χ2v) is 6.58. The summed E-state index contributed by atoms with van der Waals surface area (Å²) in [7, 11) is 0. The van der Waals surface area contributed by atoms with E-state index in [1.54, 1.807) is 0 Å².